The maximum Gasteiger partial charge on any atom is 0.0708 e. The molecule has 0 radical (unpaired) electrons. The number of benzene rings is 2. The van der Waals surface area contributed by atoms with Gasteiger partial charge in [-0.1, -0.05) is 24.6 Å². The first-order valence-electron chi connectivity index (χ1n) is 9.63. The number of nitrogens with zero attached hydrogens (tertiary/aromatic N) is 3. The van der Waals surface area contributed by atoms with Crippen molar-refractivity contribution in [2.24, 2.45) is 0 Å². The largest absolute Gasteiger partial charge is 0.355 e. The van der Waals surface area contributed by atoms with E-state index in [9.17, 15) is 0 Å². The molecule has 0 aliphatic carbocycles. The van der Waals surface area contributed by atoms with Crippen LogP contribution in [0, 0.1) is 13.8 Å². The molecule has 2 aromatic carbocycles. The van der Waals surface area contributed by atoms with Crippen molar-refractivity contribution in [2.75, 3.05) is 42.6 Å². The zero-order chi connectivity index (χ0) is 17.2. The molecule has 0 N–H and O–H groups in total. The van der Waals surface area contributed by atoms with E-state index in [1.165, 1.54) is 60.5 Å². The summed E-state index contributed by atoms with van der Waals surface area (Å²) in [5, 5.41) is 0. The fraction of sp³-hybridized carbons (Fsp3) is 0.455. The number of para-hydroxylation sites is 2. The minimum atomic E-state index is 1.05. The minimum Gasteiger partial charge on any atom is -0.355 e. The van der Waals surface area contributed by atoms with Crippen molar-refractivity contribution >= 4 is 17.1 Å². The minimum absolute atomic E-state index is 1.05. The molecule has 0 aromatic heterocycles. The number of hydrogen-bond donors (Lipinski definition) is 0. The third-order valence-corrected chi connectivity index (χ3v) is 5.73. The standard InChI is InChI=1S/C22H29N3/c1-18-10-11-20(16-19(18)2)25-15-14-24(17-23-12-6-3-7-13-23)21-8-4-5-9-22(21)25/h4-5,8-11,16H,3,6-7,12-15,17H2,1-2H3. The van der Waals surface area contributed by atoms with Crippen LogP contribution in [0.25, 0.3) is 0 Å². The van der Waals surface area contributed by atoms with Gasteiger partial charge in [-0.15, -0.1) is 0 Å². The molecule has 2 aliphatic rings. The van der Waals surface area contributed by atoms with Crippen LogP contribution < -0.4 is 9.80 Å². The number of fused-ring (bicyclic) bond motifs is 1. The SMILES string of the molecule is Cc1ccc(N2CCN(CN3CCCCC3)c3ccccc32)cc1C. The van der Waals surface area contributed by atoms with E-state index in [0.717, 1.165) is 19.8 Å². The Balaban J connectivity index is 1.61. The average Bonchev–Trinajstić information content (AvgIpc) is 2.65. The zero-order valence-electron chi connectivity index (χ0n) is 15.5. The summed E-state index contributed by atoms with van der Waals surface area (Å²) >= 11 is 0. The van der Waals surface area contributed by atoms with Gasteiger partial charge in [0.25, 0.3) is 0 Å². The molecule has 25 heavy (non-hydrogen) atoms. The summed E-state index contributed by atoms with van der Waals surface area (Å²) in [7, 11) is 0. The maximum absolute atomic E-state index is 2.62. The van der Waals surface area contributed by atoms with Gasteiger partial charge >= 0.3 is 0 Å². The number of aryl methyl sites for hydroxylation is 2. The van der Waals surface area contributed by atoms with E-state index in [2.05, 4.69) is 71.0 Å². The third-order valence-electron chi connectivity index (χ3n) is 5.73. The van der Waals surface area contributed by atoms with Crippen molar-refractivity contribution in [2.45, 2.75) is 33.1 Å². The highest BCUT2D eigenvalue weighted by Gasteiger charge is 2.25. The predicted molar refractivity (Wildman–Crippen MR) is 107 cm³/mol. The molecule has 0 amide bonds. The van der Waals surface area contributed by atoms with Crippen molar-refractivity contribution < 1.29 is 0 Å². The molecule has 4 rings (SSSR count). The smallest absolute Gasteiger partial charge is 0.0708 e. The Hall–Kier alpha value is -2.00. The van der Waals surface area contributed by atoms with E-state index in [1.807, 2.05) is 0 Å². The Labute approximate surface area is 151 Å². The second-order valence-corrected chi connectivity index (χ2v) is 7.49. The Morgan fingerprint density at radius 3 is 2.28 bits per heavy atom. The lowest BCUT2D eigenvalue weighted by atomic mass is 10.1. The number of piperidine rings is 1. The fourth-order valence-corrected chi connectivity index (χ4v) is 4.07. The molecule has 3 nitrogen and oxygen atoms in total. The van der Waals surface area contributed by atoms with E-state index in [1.54, 1.807) is 0 Å². The van der Waals surface area contributed by atoms with Gasteiger partial charge in [-0.05, 0) is 75.2 Å². The van der Waals surface area contributed by atoms with Crippen LogP contribution in [0.1, 0.15) is 30.4 Å². The molecule has 0 saturated carbocycles. The van der Waals surface area contributed by atoms with E-state index < -0.39 is 0 Å². The molecule has 1 fully saturated rings. The summed E-state index contributed by atoms with van der Waals surface area (Å²) in [6.45, 7) is 10.1. The van der Waals surface area contributed by atoms with Gasteiger partial charge in [-0.25, -0.2) is 0 Å². The molecular weight excluding hydrogens is 306 g/mol. The van der Waals surface area contributed by atoms with Gasteiger partial charge in [0.1, 0.15) is 0 Å². The number of anilines is 3. The molecule has 0 unspecified atom stereocenters. The summed E-state index contributed by atoms with van der Waals surface area (Å²) in [5.41, 5.74) is 6.76. The maximum atomic E-state index is 2.62. The van der Waals surface area contributed by atoms with Gasteiger partial charge < -0.3 is 9.80 Å². The molecule has 0 bridgehead atoms. The van der Waals surface area contributed by atoms with Crippen LogP contribution in [-0.4, -0.2) is 37.7 Å². The van der Waals surface area contributed by atoms with Crippen molar-refractivity contribution in [1.29, 1.82) is 0 Å². The molecule has 2 heterocycles. The van der Waals surface area contributed by atoms with E-state index in [0.29, 0.717) is 0 Å². The monoisotopic (exact) mass is 335 g/mol. The number of hydrogen-bond acceptors (Lipinski definition) is 3. The van der Waals surface area contributed by atoms with Crippen molar-refractivity contribution in [3.63, 3.8) is 0 Å². The quantitative estimate of drug-likeness (QED) is 0.804. The molecule has 3 heteroatoms. The van der Waals surface area contributed by atoms with Gasteiger partial charge in [0, 0.05) is 18.8 Å². The molecule has 1 saturated heterocycles. The van der Waals surface area contributed by atoms with Gasteiger partial charge in [0.2, 0.25) is 0 Å². The summed E-state index contributed by atoms with van der Waals surface area (Å²) in [5.74, 6) is 0. The van der Waals surface area contributed by atoms with Gasteiger partial charge in [-0.2, -0.15) is 0 Å². The van der Waals surface area contributed by atoms with Crippen LogP contribution >= 0.6 is 0 Å². The summed E-state index contributed by atoms with van der Waals surface area (Å²) in [6.07, 6.45) is 4.10. The third kappa shape index (κ3) is 3.38. The highest BCUT2D eigenvalue weighted by Crippen LogP contribution is 2.38. The van der Waals surface area contributed by atoms with Gasteiger partial charge in [0.05, 0.1) is 18.0 Å². The lowest BCUT2D eigenvalue weighted by molar-refractivity contribution is 0.228. The lowest BCUT2D eigenvalue weighted by Crippen LogP contribution is -2.46. The van der Waals surface area contributed by atoms with E-state index in [-0.39, 0.29) is 0 Å². The molecule has 0 atom stereocenters. The molecule has 2 aromatic rings. The topological polar surface area (TPSA) is 9.72 Å². The Morgan fingerprint density at radius 2 is 1.52 bits per heavy atom. The van der Waals surface area contributed by atoms with Crippen LogP contribution in [-0.2, 0) is 0 Å². The van der Waals surface area contributed by atoms with Crippen molar-refractivity contribution in [3.05, 3.63) is 53.6 Å². The van der Waals surface area contributed by atoms with Crippen LogP contribution in [0.2, 0.25) is 0 Å². The second-order valence-electron chi connectivity index (χ2n) is 7.49. The number of likely N-dealkylation sites (tertiary alicyclic amines) is 1. The van der Waals surface area contributed by atoms with Crippen molar-refractivity contribution in [1.82, 2.24) is 4.90 Å². The first-order chi connectivity index (χ1) is 12.2. The average molecular weight is 335 g/mol. The van der Waals surface area contributed by atoms with E-state index >= 15 is 0 Å². The first-order valence-corrected chi connectivity index (χ1v) is 9.63. The lowest BCUT2D eigenvalue weighted by Gasteiger charge is -2.41. The highest BCUT2D eigenvalue weighted by molar-refractivity contribution is 5.79. The summed E-state index contributed by atoms with van der Waals surface area (Å²) in [4.78, 5) is 7.67. The zero-order valence-corrected chi connectivity index (χ0v) is 15.5. The van der Waals surface area contributed by atoms with Crippen LogP contribution in [0.15, 0.2) is 42.5 Å². The van der Waals surface area contributed by atoms with Crippen LogP contribution in [0.3, 0.4) is 0 Å². The highest BCUT2D eigenvalue weighted by atomic mass is 15.4. The van der Waals surface area contributed by atoms with Gasteiger partial charge in [0.15, 0.2) is 0 Å². The molecule has 132 valence electrons. The molecule has 2 aliphatic heterocycles. The summed E-state index contributed by atoms with van der Waals surface area (Å²) < 4.78 is 0. The predicted octanol–water partition coefficient (Wildman–Crippen LogP) is 4.70. The normalized spacial score (nSPS) is 18.3. The van der Waals surface area contributed by atoms with E-state index in [4.69, 9.17) is 0 Å². The fourth-order valence-electron chi connectivity index (χ4n) is 4.07. The molecular formula is C22H29N3. The Morgan fingerprint density at radius 1 is 0.760 bits per heavy atom. The van der Waals surface area contributed by atoms with Crippen LogP contribution in [0.5, 0.6) is 0 Å². The number of rotatable bonds is 3. The van der Waals surface area contributed by atoms with Crippen LogP contribution in [0.4, 0.5) is 17.1 Å². The Bertz CT molecular complexity index is 734. The first kappa shape index (κ1) is 16.5. The Kier molecular flexibility index (Phi) is 4.67. The second kappa shape index (κ2) is 7.09. The molecule has 0 spiro atoms. The summed E-state index contributed by atoms with van der Waals surface area (Å²) in [6, 6.07) is 15.7. The van der Waals surface area contributed by atoms with Crippen molar-refractivity contribution in [3.8, 4) is 0 Å². The van der Waals surface area contributed by atoms with Gasteiger partial charge in [-0.3, -0.25) is 4.90 Å².